The highest BCUT2D eigenvalue weighted by Gasteiger charge is 2.25. The second kappa shape index (κ2) is 7.93. The summed E-state index contributed by atoms with van der Waals surface area (Å²) in [7, 11) is 0. The van der Waals surface area contributed by atoms with Gasteiger partial charge in [-0.15, -0.1) is 0 Å². The van der Waals surface area contributed by atoms with E-state index in [1.165, 1.54) is 12.8 Å². The lowest BCUT2D eigenvalue weighted by Gasteiger charge is -2.33. The summed E-state index contributed by atoms with van der Waals surface area (Å²) in [6, 6.07) is 0. The van der Waals surface area contributed by atoms with E-state index in [2.05, 4.69) is 35.8 Å². The van der Waals surface area contributed by atoms with E-state index in [1.807, 2.05) is 4.68 Å². The zero-order valence-corrected chi connectivity index (χ0v) is 15.4. The zero-order chi connectivity index (χ0) is 17.0. The molecule has 0 unspecified atom stereocenters. The second-order valence-electron chi connectivity index (χ2n) is 8.06. The Hall–Kier alpha value is -0.980. The van der Waals surface area contributed by atoms with Crippen LogP contribution in [0, 0.1) is 0 Å². The van der Waals surface area contributed by atoms with Crippen molar-refractivity contribution in [3.63, 3.8) is 0 Å². The van der Waals surface area contributed by atoms with Crippen LogP contribution in [0.2, 0.25) is 0 Å². The molecule has 1 atom stereocenters. The summed E-state index contributed by atoms with van der Waals surface area (Å²) in [6.45, 7) is 11.2. The summed E-state index contributed by atoms with van der Waals surface area (Å²) >= 11 is 0. The molecule has 2 aliphatic rings. The van der Waals surface area contributed by atoms with Crippen LogP contribution in [0.5, 0.6) is 0 Å². The maximum Gasteiger partial charge on any atom is 0.141 e. The van der Waals surface area contributed by atoms with E-state index in [1.54, 1.807) is 6.33 Å². The number of rotatable bonds is 5. The molecular weight excluding hydrogens is 304 g/mol. The predicted molar refractivity (Wildman–Crippen MR) is 92.9 cm³/mol. The van der Waals surface area contributed by atoms with Crippen molar-refractivity contribution >= 4 is 0 Å². The van der Waals surface area contributed by atoms with Gasteiger partial charge in [-0.3, -0.25) is 4.90 Å². The van der Waals surface area contributed by atoms with Gasteiger partial charge in [0.05, 0.1) is 30.9 Å². The molecule has 2 fully saturated rings. The Morgan fingerprint density at radius 2 is 2.00 bits per heavy atom. The van der Waals surface area contributed by atoms with Crippen LogP contribution in [-0.4, -0.2) is 58.2 Å². The van der Waals surface area contributed by atoms with Crippen molar-refractivity contribution in [1.29, 1.82) is 0 Å². The first-order chi connectivity index (χ1) is 11.5. The minimum atomic E-state index is -0.0206. The molecule has 0 radical (unpaired) electrons. The number of ether oxygens (including phenoxy) is 2. The summed E-state index contributed by atoms with van der Waals surface area (Å²) in [4.78, 5) is 6.92. The number of likely N-dealkylation sites (tertiary alicyclic amines) is 1. The molecule has 0 bridgehead atoms. The fraction of sp³-hybridized carbons (Fsp3) is 0.889. The van der Waals surface area contributed by atoms with Crippen LogP contribution in [0.25, 0.3) is 0 Å². The maximum absolute atomic E-state index is 6.10. The molecule has 0 spiro atoms. The van der Waals surface area contributed by atoms with Gasteiger partial charge in [-0.25, -0.2) is 9.67 Å². The average molecular weight is 336 g/mol. The minimum Gasteiger partial charge on any atom is -0.376 e. The first-order valence-corrected chi connectivity index (χ1v) is 9.37. The van der Waals surface area contributed by atoms with Crippen molar-refractivity contribution in [1.82, 2.24) is 19.7 Å². The van der Waals surface area contributed by atoms with Gasteiger partial charge in [0.1, 0.15) is 12.2 Å². The average Bonchev–Trinajstić information content (AvgIpc) is 3.04. The first-order valence-electron chi connectivity index (χ1n) is 9.37. The normalized spacial score (nSPS) is 24.4. The highest BCUT2D eigenvalue weighted by Crippen LogP contribution is 2.20. The van der Waals surface area contributed by atoms with Crippen molar-refractivity contribution in [2.24, 2.45) is 0 Å². The Morgan fingerprint density at radius 1 is 1.21 bits per heavy atom. The van der Waals surface area contributed by atoms with E-state index < -0.39 is 0 Å². The van der Waals surface area contributed by atoms with Crippen LogP contribution in [0.3, 0.4) is 0 Å². The van der Waals surface area contributed by atoms with Gasteiger partial charge in [-0.2, -0.15) is 5.10 Å². The van der Waals surface area contributed by atoms with Gasteiger partial charge in [0, 0.05) is 19.7 Å². The SMILES string of the molecule is CC(C)(C)n1ncnc1CN1CCC(OC[C@H]2CCCCO2)CC1. The smallest absolute Gasteiger partial charge is 0.141 e. The lowest BCUT2D eigenvalue weighted by Crippen LogP contribution is -2.39. The molecular formula is C18H32N4O2. The molecule has 3 rings (SSSR count). The van der Waals surface area contributed by atoms with Crippen molar-refractivity contribution in [3.8, 4) is 0 Å². The molecule has 1 aromatic rings. The highest BCUT2D eigenvalue weighted by atomic mass is 16.5. The predicted octanol–water partition coefficient (Wildman–Crippen LogP) is 2.58. The van der Waals surface area contributed by atoms with E-state index in [4.69, 9.17) is 9.47 Å². The Bertz CT molecular complexity index is 497. The van der Waals surface area contributed by atoms with Crippen LogP contribution in [0.4, 0.5) is 0 Å². The van der Waals surface area contributed by atoms with Crippen molar-refractivity contribution in [2.45, 2.75) is 77.2 Å². The third kappa shape index (κ3) is 4.77. The van der Waals surface area contributed by atoms with Gasteiger partial charge < -0.3 is 9.47 Å². The summed E-state index contributed by atoms with van der Waals surface area (Å²) < 4.78 is 13.9. The second-order valence-corrected chi connectivity index (χ2v) is 8.06. The van der Waals surface area contributed by atoms with Crippen molar-refractivity contribution in [2.75, 3.05) is 26.3 Å². The molecule has 0 saturated carbocycles. The molecule has 2 saturated heterocycles. The van der Waals surface area contributed by atoms with Gasteiger partial charge in [0.15, 0.2) is 0 Å². The summed E-state index contributed by atoms with van der Waals surface area (Å²) in [5.41, 5.74) is -0.0206. The molecule has 0 aliphatic carbocycles. The molecule has 24 heavy (non-hydrogen) atoms. The Labute approximate surface area is 145 Å². The molecule has 6 nitrogen and oxygen atoms in total. The molecule has 0 amide bonds. The van der Waals surface area contributed by atoms with E-state index in [0.29, 0.717) is 12.2 Å². The largest absolute Gasteiger partial charge is 0.376 e. The van der Waals surface area contributed by atoms with E-state index in [0.717, 1.165) is 57.9 Å². The Balaban J connectivity index is 1.41. The minimum absolute atomic E-state index is 0.0206. The Morgan fingerprint density at radius 3 is 2.67 bits per heavy atom. The van der Waals surface area contributed by atoms with Crippen LogP contribution in [0.15, 0.2) is 6.33 Å². The molecule has 136 valence electrons. The maximum atomic E-state index is 6.10. The van der Waals surface area contributed by atoms with Crippen LogP contribution >= 0.6 is 0 Å². The monoisotopic (exact) mass is 336 g/mol. The van der Waals surface area contributed by atoms with Crippen LogP contribution < -0.4 is 0 Å². The van der Waals surface area contributed by atoms with Crippen molar-refractivity contribution in [3.05, 3.63) is 12.2 Å². The van der Waals surface area contributed by atoms with E-state index in [9.17, 15) is 0 Å². The van der Waals surface area contributed by atoms with Gasteiger partial charge in [-0.1, -0.05) is 0 Å². The van der Waals surface area contributed by atoms with E-state index >= 15 is 0 Å². The third-order valence-electron chi connectivity index (χ3n) is 4.95. The quantitative estimate of drug-likeness (QED) is 0.827. The van der Waals surface area contributed by atoms with E-state index in [-0.39, 0.29) is 5.54 Å². The van der Waals surface area contributed by atoms with Crippen molar-refractivity contribution < 1.29 is 9.47 Å². The molecule has 6 heteroatoms. The van der Waals surface area contributed by atoms with Gasteiger partial charge >= 0.3 is 0 Å². The summed E-state index contributed by atoms with van der Waals surface area (Å²) in [6.07, 6.45) is 8.19. The molecule has 3 heterocycles. The van der Waals surface area contributed by atoms with Crippen LogP contribution in [0.1, 0.15) is 58.7 Å². The zero-order valence-electron chi connectivity index (χ0n) is 15.4. The topological polar surface area (TPSA) is 52.4 Å². The first kappa shape index (κ1) is 17.8. The van der Waals surface area contributed by atoms with Gasteiger partial charge in [0.25, 0.3) is 0 Å². The lowest BCUT2D eigenvalue weighted by molar-refractivity contribution is -0.0755. The summed E-state index contributed by atoms with van der Waals surface area (Å²) in [5.74, 6) is 1.05. The number of piperidine rings is 1. The number of hydrogen-bond donors (Lipinski definition) is 0. The molecule has 0 aromatic carbocycles. The number of hydrogen-bond acceptors (Lipinski definition) is 5. The fourth-order valence-corrected chi connectivity index (χ4v) is 3.55. The number of nitrogens with zero attached hydrogens (tertiary/aromatic N) is 4. The highest BCUT2D eigenvalue weighted by molar-refractivity contribution is 4.91. The Kier molecular flexibility index (Phi) is 5.89. The van der Waals surface area contributed by atoms with Gasteiger partial charge in [-0.05, 0) is 52.9 Å². The van der Waals surface area contributed by atoms with Crippen LogP contribution in [-0.2, 0) is 21.6 Å². The third-order valence-corrected chi connectivity index (χ3v) is 4.95. The summed E-state index contributed by atoms with van der Waals surface area (Å²) in [5, 5.41) is 4.39. The standard InChI is InChI=1S/C18H32N4O2/c1-18(2,3)22-17(19-14-20-22)12-21-9-7-15(8-10-21)24-13-16-6-4-5-11-23-16/h14-16H,4-13H2,1-3H3/t16-/m1/s1. The number of aromatic nitrogens is 3. The fourth-order valence-electron chi connectivity index (χ4n) is 3.55. The molecule has 1 aromatic heterocycles. The molecule has 2 aliphatic heterocycles. The molecule has 0 N–H and O–H groups in total. The van der Waals surface area contributed by atoms with Gasteiger partial charge in [0.2, 0.25) is 0 Å². The lowest BCUT2D eigenvalue weighted by atomic mass is 10.1.